The fraction of sp³-hybridized carbons (Fsp3) is 0.143. The van der Waals surface area contributed by atoms with Crippen molar-refractivity contribution in [3.8, 4) is 45.2 Å². The Labute approximate surface area is 273 Å². The van der Waals surface area contributed by atoms with Gasteiger partial charge in [-0.15, -0.1) is 0 Å². The van der Waals surface area contributed by atoms with Gasteiger partial charge in [0.2, 0.25) is 0 Å². The Kier molecular flexibility index (Phi) is 6.55. The summed E-state index contributed by atoms with van der Waals surface area (Å²) >= 11 is 0. The number of phenols is 1. The summed E-state index contributed by atoms with van der Waals surface area (Å²) in [6, 6.07) is 37.0. The van der Waals surface area contributed by atoms with Crippen LogP contribution in [0.25, 0.3) is 72.4 Å². The average molecular weight is 614 g/mol. The van der Waals surface area contributed by atoms with E-state index in [0.717, 1.165) is 77.7 Å². The fourth-order valence-electron chi connectivity index (χ4n) is 6.77. The number of aromatic nitrogens is 3. The molecule has 0 amide bonds. The minimum atomic E-state index is -0.109. The highest BCUT2D eigenvalue weighted by Crippen LogP contribution is 2.44. The van der Waals surface area contributed by atoms with Gasteiger partial charge in [0.15, 0.2) is 0 Å². The maximum Gasteiger partial charge on any atom is 0.149 e. The maximum atomic E-state index is 11.4. The molecule has 0 atom stereocenters. The van der Waals surface area contributed by atoms with Crippen molar-refractivity contribution in [2.45, 2.75) is 40.0 Å². The topological polar surface area (TPSA) is 64.1 Å². The van der Waals surface area contributed by atoms with Crippen LogP contribution in [0, 0.1) is 13.8 Å². The van der Waals surface area contributed by atoms with Gasteiger partial charge < -0.3 is 9.52 Å². The lowest BCUT2D eigenvalue weighted by molar-refractivity contribution is 0.475. The maximum absolute atomic E-state index is 11.4. The highest BCUT2D eigenvalue weighted by molar-refractivity contribution is 6.13. The van der Waals surface area contributed by atoms with Gasteiger partial charge in [0.05, 0.1) is 28.0 Å². The molecule has 5 nitrogen and oxygen atoms in total. The molecular formula is C42H35N3O2. The number of pyridine rings is 1. The largest absolute Gasteiger partial charge is 0.507 e. The monoisotopic (exact) mass is 613 g/mol. The summed E-state index contributed by atoms with van der Waals surface area (Å²) < 4.78 is 8.81. The van der Waals surface area contributed by atoms with Crippen molar-refractivity contribution in [1.82, 2.24) is 14.5 Å². The molecule has 5 heteroatoms. The molecule has 0 aliphatic carbocycles. The van der Waals surface area contributed by atoms with Gasteiger partial charge in [0.1, 0.15) is 22.7 Å². The highest BCUT2D eigenvalue weighted by atomic mass is 16.3. The van der Waals surface area contributed by atoms with Gasteiger partial charge >= 0.3 is 0 Å². The smallest absolute Gasteiger partial charge is 0.149 e. The Morgan fingerprint density at radius 1 is 0.702 bits per heavy atom. The van der Waals surface area contributed by atoms with Gasteiger partial charge in [-0.1, -0.05) is 81.4 Å². The number of aryl methyl sites for hydroxylation is 2. The van der Waals surface area contributed by atoms with E-state index in [4.69, 9.17) is 14.4 Å². The van der Waals surface area contributed by atoms with Gasteiger partial charge in [-0.2, -0.15) is 0 Å². The first-order valence-electron chi connectivity index (χ1n) is 16.0. The van der Waals surface area contributed by atoms with Gasteiger partial charge in [-0.3, -0.25) is 9.55 Å². The van der Waals surface area contributed by atoms with Crippen molar-refractivity contribution in [2.75, 3.05) is 0 Å². The van der Waals surface area contributed by atoms with Crippen LogP contribution in [0.2, 0.25) is 0 Å². The second-order valence-electron chi connectivity index (χ2n) is 13.4. The number of benzene rings is 5. The Hall–Kier alpha value is -5.68. The summed E-state index contributed by atoms with van der Waals surface area (Å²) in [5.74, 6) is 0.884. The number of para-hydroxylation sites is 3. The summed E-state index contributed by atoms with van der Waals surface area (Å²) in [4.78, 5) is 10.1. The zero-order chi connectivity index (χ0) is 32.4. The summed E-state index contributed by atoms with van der Waals surface area (Å²) in [6.07, 6.45) is 1.82. The molecule has 0 spiro atoms. The molecule has 3 heterocycles. The number of phenolic OH excluding ortho intramolecular Hbond substituents is 1. The predicted molar refractivity (Wildman–Crippen MR) is 192 cm³/mol. The standard InChI is InChI=1S/C42H35N3O2/c1-25-12-10-13-26(2)39(25)45-35-17-11-15-30(38(35)44-41(45)33-24-28(42(3,4)5)19-20-36(33)46)32-23-27(34-16-8-9-21-43-34)22-31-29-14-6-7-18-37(29)47-40(31)32/h6-24,46H,1-5H3. The van der Waals surface area contributed by atoms with E-state index in [1.165, 1.54) is 0 Å². The van der Waals surface area contributed by atoms with Crippen molar-refractivity contribution in [2.24, 2.45) is 0 Å². The van der Waals surface area contributed by atoms with E-state index in [2.05, 4.69) is 99.8 Å². The molecule has 0 fully saturated rings. The zero-order valence-electron chi connectivity index (χ0n) is 27.2. The molecule has 0 unspecified atom stereocenters. The normalized spacial score (nSPS) is 12.0. The molecule has 3 aromatic heterocycles. The fourth-order valence-corrected chi connectivity index (χ4v) is 6.77. The number of furan rings is 1. The van der Waals surface area contributed by atoms with E-state index in [1.54, 1.807) is 6.07 Å². The molecule has 230 valence electrons. The Bertz CT molecular complexity index is 2460. The molecule has 47 heavy (non-hydrogen) atoms. The number of fused-ring (bicyclic) bond motifs is 4. The Morgan fingerprint density at radius 3 is 2.23 bits per heavy atom. The molecular weight excluding hydrogens is 578 g/mol. The molecule has 0 bridgehead atoms. The van der Waals surface area contributed by atoms with Crippen LogP contribution in [0.3, 0.4) is 0 Å². The van der Waals surface area contributed by atoms with Crippen molar-refractivity contribution in [3.05, 3.63) is 132 Å². The number of nitrogens with zero attached hydrogens (tertiary/aromatic N) is 3. The van der Waals surface area contributed by atoms with Crippen LogP contribution < -0.4 is 0 Å². The van der Waals surface area contributed by atoms with Crippen molar-refractivity contribution in [1.29, 1.82) is 0 Å². The third-order valence-corrected chi connectivity index (χ3v) is 9.18. The van der Waals surface area contributed by atoms with Crippen LogP contribution in [-0.2, 0) is 5.41 Å². The first-order chi connectivity index (χ1) is 22.7. The molecule has 1 N–H and O–H groups in total. The first kappa shape index (κ1) is 28.8. The Balaban J connectivity index is 1.50. The summed E-state index contributed by atoms with van der Waals surface area (Å²) in [5.41, 5.74) is 12.2. The van der Waals surface area contributed by atoms with Crippen LogP contribution in [0.15, 0.2) is 120 Å². The third kappa shape index (κ3) is 4.69. The molecule has 8 aromatic rings. The lowest BCUT2D eigenvalue weighted by atomic mass is 9.86. The number of hydrogen-bond acceptors (Lipinski definition) is 4. The van der Waals surface area contributed by atoms with Gasteiger partial charge in [-0.05, 0) is 84.5 Å². The van der Waals surface area contributed by atoms with Crippen LogP contribution in [-0.4, -0.2) is 19.6 Å². The average Bonchev–Trinajstić information content (AvgIpc) is 3.63. The van der Waals surface area contributed by atoms with Crippen LogP contribution in [0.4, 0.5) is 0 Å². The van der Waals surface area contributed by atoms with E-state index in [1.807, 2.05) is 48.7 Å². The van der Waals surface area contributed by atoms with E-state index in [9.17, 15) is 5.11 Å². The number of imidazole rings is 1. The van der Waals surface area contributed by atoms with Gasteiger partial charge in [0, 0.05) is 33.7 Å². The van der Waals surface area contributed by atoms with Crippen LogP contribution >= 0.6 is 0 Å². The van der Waals surface area contributed by atoms with E-state index >= 15 is 0 Å². The molecule has 0 saturated carbocycles. The Morgan fingerprint density at radius 2 is 1.47 bits per heavy atom. The second-order valence-corrected chi connectivity index (χ2v) is 13.4. The van der Waals surface area contributed by atoms with Crippen molar-refractivity contribution < 1.29 is 9.52 Å². The van der Waals surface area contributed by atoms with E-state index < -0.39 is 0 Å². The van der Waals surface area contributed by atoms with E-state index in [-0.39, 0.29) is 11.2 Å². The molecule has 0 aliphatic heterocycles. The highest BCUT2D eigenvalue weighted by Gasteiger charge is 2.25. The molecule has 5 aromatic carbocycles. The molecule has 0 saturated heterocycles. The molecule has 0 radical (unpaired) electrons. The van der Waals surface area contributed by atoms with Crippen molar-refractivity contribution >= 4 is 33.0 Å². The van der Waals surface area contributed by atoms with Gasteiger partial charge in [0.25, 0.3) is 0 Å². The molecule has 8 rings (SSSR count). The predicted octanol–water partition coefficient (Wildman–Crippen LogP) is 10.9. The quantitative estimate of drug-likeness (QED) is 0.214. The molecule has 0 aliphatic rings. The summed E-state index contributed by atoms with van der Waals surface area (Å²) in [7, 11) is 0. The second kappa shape index (κ2) is 10.7. The SMILES string of the molecule is Cc1cccc(C)c1-n1c(-c2cc(C(C)(C)C)ccc2O)nc2c(-c3cc(-c4ccccn4)cc4c3oc3ccccc34)cccc21. The summed E-state index contributed by atoms with van der Waals surface area (Å²) in [6.45, 7) is 10.8. The first-order valence-corrected chi connectivity index (χ1v) is 16.0. The van der Waals surface area contributed by atoms with E-state index in [0.29, 0.717) is 11.4 Å². The van der Waals surface area contributed by atoms with Crippen LogP contribution in [0.1, 0.15) is 37.5 Å². The zero-order valence-corrected chi connectivity index (χ0v) is 27.2. The summed E-state index contributed by atoms with van der Waals surface area (Å²) in [5, 5.41) is 13.5. The number of aromatic hydroxyl groups is 1. The van der Waals surface area contributed by atoms with Crippen molar-refractivity contribution in [3.63, 3.8) is 0 Å². The lowest BCUT2D eigenvalue weighted by Gasteiger charge is -2.21. The minimum absolute atomic E-state index is 0.109. The lowest BCUT2D eigenvalue weighted by Crippen LogP contribution is -2.11. The van der Waals surface area contributed by atoms with Crippen LogP contribution in [0.5, 0.6) is 5.75 Å². The number of hydrogen-bond donors (Lipinski definition) is 1. The third-order valence-electron chi connectivity index (χ3n) is 9.18. The van der Waals surface area contributed by atoms with Gasteiger partial charge in [-0.25, -0.2) is 4.98 Å². The number of rotatable bonds is 4. The minimum Gasteiger partial charge on any atom is -0.507 e.